The average molecular weight is 306 g/mol. The number of ether oxygens (including phenoxy) is 1. The van der Waals surface area contributed by atoms with E-state index in [1.165, 1.54) is 0 Å². The summed E-state index contributed by atoms with van der Waals surface area (Å²) in [5, 5.41) is 19.8. The van der Waals surface area contributed by atoms with Crippen molar-refractivity contribution in [1.29, 1.82) is 0 Å². The van der Waals surface area contributed by atoms with E-state index in [0.29, 0.717) is 15.6 Å². The Labute approximate surface area is 120 Å². The number of carboxylic acid groups (broad SMARTS) is 1. The molecule has 1 aliphatic rings. The van der Waals surface area contributed by atoms with Gasteiger partial charge < -0.3 is 19.8 Å². The van der Waals surface area contributed by atoms with E-state index in [1.54, 1.807) is 18.2 Å². The van der Waals surface area contributed by atoms with Crippen LogP contribution in [0.2, 0.25) is 10.0 Å². The van der Waals surface area contributed by atoms with Gasteiger partial charge in [-0.3, -0.25) is 0 Å². The highest BCUT2D eigenvalue weighted by Crippen LogP contribution is 2.30. The average Bonchev–Trinajstić information content (AvgIpc) is 2.55. The number of nitrogens with zero attached hydrogens (tertiary/aromatic N) is 1. The minimum atomic E-state index is -1.07. The van der Waals surface area contributed by atoms with E-state index in [2.05, 4.69) is 0 Å². The molecule has 0 saturated carbocycles. The molecule has 1 fully saturated rings. The van der Waals surface area contributed by atoms with E-state index in [1.807, 2.05) is 0 Å². The van der Waals surface area contributed by atoms with Gasteiger partial charge in [0, 0.05) is 6.54 Å². The van der Waals surface area contributed by atoms with Gasteiger partial charge in [-0.05, 0) is 17.7 Å². The van der Waals surface area contributed by atoms with E-state index in [9.17, 15) is 9.90 Å². The second-order valence-electron chi connectivity index (χ2n) is 4.26. The summed E-state index contributed by atoms with van der Waals surface area (Å²) in [5.74, 6) is 0. The van der Waals surface area contributed by atoms with Gasteiger partial charge in [-0.15, -0.1) is 0 Å². The van der Waals surface area contributed by atoms with E-state index < -0.39 is 18.3 Å². The molecule has 0 spiro atoms. The molecule has 1 aromatic rings. The molecule has 1 aliphatic heterocycles. The SMILES string of the molecule is O=C(O)N1CCOC(c2ccc(Cl)c(Cl)c2)C(O)C1. The Balaban J connectivity index is 2.19. The maximum absolute atomic E-state index is 10.9. The summed E-state index contributed by atoms with van der Waals surface area (Å²) in [6, 6.07) is 4.95. The second-order valence-corrected chi connectivity index (χ2v) is 5.08. The highest BCUT2D eigenvalue weighted by Gasteiger charge is 2.29. The first-order chi connectivity index (χ1) is 8.99. The number of hydrogen-bond acceptors (Lipinski definition) is 3. The summed E-state index contributed by atoms with van der Waals surface area (Å²) in [6.45, 7) is 0.443. The van der Waals surface area contributed by atoms with Crippen LogP contribution in [-0.2, 0) is 4.74 Å². The molecule has 1 aromatic carbocycles. The maximum atomic E-state index is 10.9. The third-order valence-corrected chi connectivity index (χ3v) is 3.70. The van der Waals surface area contributed by atoms with Gasteiger partial charge in [0.05, 0.1) is 23.2 Å². The van der Waals surface area contributed by atoms with Crippen LogP contribution in [0, 0.1) is 0 Å². The van der Waals surface area contributed by atoms with Crippen LogP contribution >= 0.6 is 23.2 Å². The van der Waals surface area contributed by atoms with Gasteiger partial charge in [-0.25, -0.2) is 4.79 Å². The lowest BCUT2D eigenvalue weighted by Crippen LogP contribution is -2.37. The van der Waals surface area contributed by atoms with Crippen molar-refractivity contribution in [2.75, 3.05) is 19.7 Å². The molecule has 1 saturated heterocycles. The van der Waals surface area contributed by atoms with Crippen LogP contribution in [-0.4, -0.2) is 47.0 Å². The van der Waals surface area contributed by atoms with Crippen molar-refractivity contribution in [1.82, 2.24) is 4.90 Å². The molecular formula is C12H13Cl2NO4. The molecule has 0 aliphatic carbocycles. The molecule has 2 atom stereocenters. The lowest BCUT2D eigenvalue weighted by molar-refractivity contribution is -0.0211. The zero-order valence-corrected chi connectivity index (χ0v) is 11.4. The predicted octanol–water partition coefficient (Wildman–Crippen LogP) is 2.41. The van der Waals surface area contributed by atoms with Crippen LogP contribution < -0.4 is 0 Å². The van der Waals surface area contributed by atoms with Crippen molar-refractivity contribution in [2.45, 2.75) is 12.2 Å². The third kappa shape index (κ3) is 3.30. The van der Waals surface area contributed by atoms with E-state index in [0.717, 1.165) is 4.90 Å². The third-order valence-electron chi connectivity index (χ3n) is 2.96. The van der Waals surface area contributed by atoms with Gasteiger partial charge in [0.2, 0.25) is 0 Å². The Morgan fingerprint density at radius 3 is 2.74 bits per heavy atom. The quantitative estimate of drug-likeness (QED) is 0.836. The van der Waals surface area contributed by atoms with Crippen LogP contribution in [0.25, 0.3) is 0 Å². The summed E-state index contributed by atoms with van der Waals surface area (Å²) in [5.41, 5.74) is 0.675. The number of aliphatic hydroxyl groups is 1. The number of hydrogen-bond donors (Lipinski definition) is 2. The van der Waals surface area contributed by atoms with Crippen molar-refractivity contribution < 1.29 is 19.7 Å². The molecule has 0 bridgehead atoms. The zero-order valence-electron chi connectivity index (χ0n) is 9.92. The van der Waals surface area contributed by atoms with Crippen molar-refractivity contribution in [3.63, 3.8) is 0 Å². The number of halogens is 2. The highest BCUT2D eigenvalue weighted by molar-refractivity contribution is 6.42. The summed E-state index contributed by atoms with van der Waals surface area (Å²) in [4.78, 5) is 12.0. The minimum absolute atomic E-state index is 0.000244. The molecule has 2 unspecified atom stereocenters. The fraction of sp³-hybridized carbons (Fsp3) is 0.417. The first-order valence-corrected chi connectivity index (χ1v) is 6.47. The number of carbonyl (C=O) groups is 1. The van der Waals surface area contributed by atoms with Crippen molar-refractivity contribution >= 4 is 29.3 Å². The van der Waals surface area contributed by atoms with Gasteiger partial charge >= 0.3 is 6.09 Å². The fourth-order valence-corrected chi connectivity index (χ4v) is 2.30. The van der Waals surface area contributed by atoms with E-state index in [4.69, 9.17) is 33.0 Å². The Hall–Kier alpha value is -1.01. The standard InChI is InChI=1S/C12H13Cl2NO4/c13-8-2-1-7(5-9(8)14)11-10(16)6-15(12(17)18)3-4-19-11/h1-2,5,10-11,16H,3-4,6H2,(H,17,18). The maximum Gasteiger partial charge on any atom is 0.407 e. The van der Waals surface area contributed by atoms with Gasteiger partial charge in [-0.2, -0.15) is 0 Å². The molecule has 0 radical (unpaired) electrons. The van der Waals surface area contributed by atoms with Crippen LogP contribution in [0.3, 0.4) is 0 Å². The Kier molecular flexibility index (Phi) is 4.52. The molecule has 2 N–H and O–H groups in total. The molecule has 2 rings (SSSR count). The van der Waals surface area contributed by atoms with Gasteiger partial charge in [0.25, 0.3) is 0 Å². The molecule has 1 amide bonds. The summed E-state index contributed by atoms with van der Waals surface area (Å²) >= 11 is 11.8. The zero-order chi connectivity index (χ0) is 14.0. The molecule has 0 aromatic heterocycles. The Morgan fingerprint density at radius 2 is 2.11 bits per heavy atom. The van der Waals surface area contributed by atoms with Crippen molar-refractivity contribution in [3.05, 3.63) is 33.8 Å². The monoisotopic (exact) mass is 305 g/mol. The number of benzene rings is 1. The number of β-amino-alcohol motifs (C(OH)–C–C–N with tert-alkyl or cyclic N) is 1. The van der Waals surface area contributed by atoms with Crippen LogP contribution in [0.15, 0.2) is 18.2 Å². The van der Waals surface area contributed by atoms with Crippen LogP contribution in [0.5, 0.6) is 0 Å². The normalized spacial score (nSPS) is 24.1. The smallest absolute Gasteiger partial charge is 0.407 e. The largest absolute Gasteiger partial charge is 0.465 e. The minimum Gasteiger partial charge on any atom is -0.465 e. The topological polar surface area (TPSA) is 70.0 Å². The highest BCUT2D eigenvalue weighted by atomic mass is 35.5. The molecular weight excluding hydrogens is 293 g/mol. The van der Waals surface area contributed by atoms with Gasteiger partial charge in [-0.1, -0.05) is 29.3 Å². The summed E-state index contributed by atoms with van der Waals surface area (Å²) in [6.07, 6.45) is -2.63. The van der Waals surface area contributed by atoms with E-state index >= 15 is 0 Å². The number of aliphatic hydroxyl groups excluding tert-OH is 1. The molecule has 104 valence electrons. The summed E-state index contributed by atoms with van der Waals surface area (Å²) < 4.78 is 5.52. The molecule has 5 nitrogen and oxygen atoms in total. The number of rotatable bonds is 1. The second kappa shape index (κ2) is 5.96. The first kappa shape index (κ1) is 14.4. The number of amides is 1. The van der Waals surface area contributed by atoms with Crippen molar-refractivity contribution in [2.24, 2.45) is 0 Å². The molecule has 1 heterocycles. The van der Waals surface area contributed by atoms with Crippen LogP contribution in [0.4, 0.5) is 4.79 Å². The lowest BCUT2D eigenvalue weighted by Gasteiger charge is -2.22. The first-order valence-electron chi connectivity index (χ1n) is 5.71. The Morgan fingerprint density at radius 1 is 1.37 bits per heavy atom. The van der Waals surface area contributed by atoms with E-state index in [-0.39, 0.29) is 19.7 Å². The lowest BCUT2D eigenvalue weighted by atomic mass is 10.0. The summed E-state index contributed by atoms with van der Waals surface area (Å²) in [7, 11) is 0. The van der Waals surface area contributed by atoms with Gasteiger partial charge in [0.1, 0.15) is 12.2 Å². The van der Waals surface area contributed by atoms with Crippen LogP contribution in [0.1, 0.15) is 11.7 Å². The van der Waals surface area contributed by atoms with Crippen molar-refractivity contribution in [3.8, 4) is 0 Å². The molecule has 19 heavy (non-hydrogen) atoms. The van der Waals surface area contributed by atoms with Gasteiger partial charge in [0.15, 0.2) is 0 Å². The molecule has 7 heteroatoms. The predicted molar refractivity (Wildman–Crippen MR) is 70.8 cm³/mol. The Bertz CT molecular complexity index is 483. The fourth-order valence-electron chi connectivity index (χ4n) is 2.00.